The molecule has 182 valence electrons. The van der Waals surface area contributed by atoms with Gasteiger partial charge in [-0.3, -0.25) is 4.79 Å². The van der Waals surface area contributed by atoms with Crippen molar-refractivity contribution < 1.29 is 23.4 Å². The fourth-order valence-corrected chi connectivity index (χ4v) is 4.88. The molecule has 7 nitrogen and oxygen atoms in total. The van der Waals surface area contributed by atoms with E-state index in [0.29, 0.717) is 32.9 Å². The van der Waals surface area contributed by atoms with Crippen molar-refractivity contribution in [2.24, 2.45) is 0 Å². The summed E-state index contributed by atoms with van der Waals surface area (Å²) >= 11 is 0.968. The number of hydrogen-bond acceptors (Lipinski definition) is 7. The number of nitrogens with zero attached hydrogens (tertiary/aromatic N) is 1. The number of halogens is 1. The highest BCUT2D eigenvalue weighted by Crippen LogP contribution is 2.38. The van der Waals surface area contributed by atoms with Gasteiger partial charge in [0, 0.05) is 10.3 Å². The molecule has 5 rings (SSSR count). The Labute approximate surface area is 208 Å². The van der Waals surface area contributed by atoms with E-state index in [0.717, 1.165) is 11.8 Å². The van der Waals surface area contributed by atoms with Gasteiger partial charge in [0.15, 0.2) is 11.3 Å². The van der Waals surface area contributed by atoms with Crippen LogP contribution in [0.15, 0.2) is 90.5 Å². The van der Waals surface area contributed by atoms with Crippen LogP contribution in [0.2, 0.25) is 0 Å². The Morgan fingerprint density at radius 1 is 0.972 bits per heavy atom. The zero-order valence-electron chi connectivity index (χ0n) is 19.3. The molecule has 9 heteroatoms. The third-order valence-corrected chi connectivity index (χ3v) is 6.83. The Morgan fingerprint density at radius 3 is 2.42 bits per heavy atom. The molecule has 0 aliphatic heterocycles. The van der Waals surface area contributed by atoms with E-state index in [4.69, 9.17) is 13.9 Å². The summed E-state index contributed by atoms with van der Waals surface area (Å²) in [6.07, 6.45) is 0. The average molecular weight is 506 g/mol. The van der Waals surface area contributed by atoms with Crippen LogP contribution in [0.4, 0.5) is 4.39 Å². The molecule has 0 unspecified atom stereocenters. The molecule has 5 aromatic rings. The molecular formula is C27H20FNO6S. The minimum atomic E-state index is -0.785. The number of rotatable bonds is 6. The summed E-state index contributed by atoms with van der Waals surface area (Å²) in [7, 11) is 3.02. The lowest BCUT2D eigenvalue weighted by molar-refractivity contribution is 0.413. The molecule has 0 amide bonds. The Morgan fingerprint density at radius 2 is 1.69 bits per heavy atom. The molecule has 0 radical (unpaired) electrons. The molecule has 0 fully saturated rings. The molecule has 2 heterocycles. The van der Waals surface area contributed by atoms with E-state index in [1.54, 1.807) is 54.6 Å². The second-order valence-electron chi connectivity index (χ2n) is 7.95. The summed E-state index contributed by atoms with van der Waals surface area (Å²) in [6, 6.07) is 17.7. The molecule has 3 aromatic carbocycles. The van der Waals surface area contributed by atoms with Crippen molar-refractivity contribution in [3.05, 3.63) is 98.9 Å². The summed E-state index contributed by atoms with van der Waals surface area (Å²) in [5.41, 5.74) is -0.235. The zero-order chi connectivity index (χ0) is 25.4. The van der Waals surface area contributed by atoms with Gasteiger partial charge in [0.25, 0.3) is 5.56 Å². The average Bonchev–Trinajstić information content (AvgIpc) is 2.89. The number of pyridine rings is 1. The van der Waals surface area contributed by atoms with Gasteiger partial charge in [-0.15, -0.1) is 0 Å². The van der Waals surface area contributed by atoms with Gasteiger partial charge in [0.05, 0.1) is 26.3 Å². The fraction of sp³-hybridized carbons (Fsp3) is 0.111. The summed E-state index contributed by atoms with van der Waals surface area (Å²) in [4.78, 5) is 27.2. The summed E-state index contributed by atoms with van der Waals surface area (Å²) in [6.45, 7) is 0.106. The van der Waals surface area contributed by atoms with Crippen molar-refractivity contribution in [1.82, 2.24) is 4.57 Å². The van der Waals surface area contributed by atoms with Gasteiger partial charge in [0.2, 0.25) is 0 Å². The molecule has 0 aliphatic carbocycles. The van der Waals surface area contributed by atoms with E-state index in [9.17, 15) is 19.1 Å². The summed E-state index contributed by atoms with van der Waals surface area (Å²) < 4.78 is 31.1. The van der Waals surface area contributed by atoms with Crippen molar-refractivity contribution in [3.63, 3.8) is 0 Å². The molecule has 0 saturated carbocycles. The van der Waals surface area contributed by atoms with Gasteiger partial charge in [-0.2, -0.15) is 0 Å². The summed E-state index contributed by atoms with van der Waals surface area (Å²) in [5.74, 6) is 0.187. The monoisotopic (exact) mass is 505 g/mol. The van der Waals surface area contributed by atoms with Gasteiger partial charge in [-0.25, -0.2) is 9.18 Å². The quantitative estimate of drug-likeness (QED) is 0.319. The fourth-order valence-electron chi connectivity index (χ4n) is 4.00. The van der Waals surface area contributed by atoms with Crippen LogP contribution in [0.25, 0.3) is 21.9 Å². The van der Waals surface area contributed by atoms with E-state index in [1.165, 1.54) is 30.9 Å². The SMILES string of the molecule is COc1cccc(Sc2c(O)c3c(=O)n(Cc4ccc(F)cc4)c4ccc(OC)cc4c3oc2=O)c1. The van der Waals surface area contributed by atoms with Crippen LogP contribution in [0.1, 0.15) is 5.56 Å². The Balaban J connectivity index is 1.78. The van der Waals surface area contributed by atoms with Crippen molar-refractivity contribution >= 4 is 33.6 Å². The van der Waals surface area contributed by atoms with Crippen LogP contribution in [0.5, 0.6) is 17.2 Å². The van der Waals surface area contributed by atoms with Crippen LogP contribution in [0, 0.1) is 5.82 Å². The van der Waals surface area contributed by atoms with Crippen LogP contribution in [0.3, 0.4) is 0 Å². The smallest absolute Gasteiger partial charge is 0.354 e. The summed E-state index contributed by atoms with van der Waals surface area (Å²) in [5, 5.41) is 11.5. The van der Waals surface area contributed by atoms with E-state index >= 15 is 0 Å². The standard InChI is InChI=1S/C27H20FNO6S/c1-33-17-4-3-5-19(12-17)36-25-23(30)22-24(35-27(25)32)20-13-18(34-2)10-11-21(20)29(26(22)31)14-15-6-8-16(28)9-7-15/h3-13,30H,14H2,1-2H3. The minimum Gasteiger partial charge on any atom is -0.505 e. The molecule has 0 saturated heterocycles. The molecule has 0 bridgehead atoms. The molecular weight excluding hydrogens is 485 g/mol. The number of fused-ring (bicyclic) bond motifs is 3. The van der Waals surface area contributed by atoms with Crippen LogP contribution < -0.4 is 20.7 Å². The number of hydrogen-bond donors (Lipinski definition) is 1. The number of aromatic nitrogens is 1. The lowest BCUT2D eigenvalue weighted by Crippen LogP contribution is -2.23. The molecule has 1 N–H and O–H groups in total. The molecule has 2 aromatic heterocycles. The first-order valence-electron chi connectivity index (χ1n) is 10.9. The maximum absolute atomic E-state index is 13.7. The second-order valence-corrected chi connectivity index (χ2v) is 9.04. The van der Waals surface area contributed by atoms with Crippen LogP contribution in [-0.4, -0.2) is 23.9 Å². The van der Waals surface area contributed by atoms with Crippen LogP contribution in [-0.2, 0) is 6.54 Å². The number of methoxy groups -OCH3 is 2. The van der Waals surface area contributed by atoms with Gasteiger partial charge >= 0.3 is 5.63 Å². The molecule has 0 atom stereocenters. The van der Waals surface area contributed by atoms with Gasteiger partial charge < -0.3 is 23.6 Å². The number of ether oxygens (including phenoxy) is 2. The first-order chi connectivity index (χ1) is 17.4. The third kappa shape index (κ3) is 4.18. The van der Waals surface area contributed by atoms with Crippen molar-refractivity contribution in [2.75, 3.05) is 14.2 Å². The highest BCUT2D eigenvalue weighted by atomic mass is 32.2. The molecule has 36 heavy (non-hydrogen) atoms. The highest BCUT2D eigenvalue weighted by molar-refractivity contribution is 7.99. The van der Waals surface area contributed by atoms with Crippen molar-refractivity contribution in [2.45, 2.75) is 16.3 Å². The topological polar surface area (TPSA) is 90.9 Å². The van der Waals surface area contributed by atoms with Crippen LogP contribution >= 0.6 is 11.8 Å². The second kappa shape index (κ2) is 9.43. The van der Waals surface area contributed by atoms with E-state index in [2.05, 4.69) is 0 Å². The van der Waals surface area contributed by atoms with E-state index < -0.39 is 22.8 Å². The minimum absolute atomic E-state index is 0.0400. The molecule has 0 aliphatic rings. The van der Waals surface area contributed by atoms with E-state index in [1.807, 2.05) is 0 Å². The third-order valence-electron chi connectivity index (χ3n) is 5.77. The lowest BCUT2D eigenvalue weighted by Gasteiger charge is -2.15. The molecule has 0 spiro atoms. The zero-order valence-corrected chi connectivity index (χ0v) is 20.1. The maximum Gasteiger partial charge on any atom is 0.354 e. The number of aromatic hydroxyl groups is 1. The largest absolute Gasteiger partial charge is 0.505 e. The van der Waals surface area contributed by atoms with Crippen molar-refractivity contribution in [3.8, 4) is 17.2 Å². The predicted molar refractivity (Wildman–Crippen MR) is 135 cm³/mol. The van der Waals surface area contributed by atoms with Gasteiger partial charge in [0.1, 0.15) is 27.6 Å². The predicted octanol–water partition coefficient (Wildman–Crippen LogP) is 5.17. The van der Waals surface area contributed by atoms with Gasteiger partial charge in [-0.05, 0) is 54.1 Å². The Kier molecular flexibility index (Phi) is 6.15. The van der Waals surface area contributed by atoms with Crippen molar-refractivity contribution in [1.29, 1.82) is 0 Å². The maximum atomic E-state index is 13.7. The normalized spacial score (nSPS) is 11.2. The van der Waals surface area contributed by atoms with Gasteiger partial charge in [-0.1, -0.05) is 30.0 Å². The number of benzene rings is 3. The Bertz CT molecular complexity index is 1730. The van der Waals surface area contributed by atoms with E-state index in [-0.39, 0.29) is 22.4 Å². The first-order valence-corrected chi connectivity index (χ1v) is 11.7. The Hall–Kier alpha value is -4.24. The first kappa shape index (κ1) is 23.5. The highest BCUT2D eigenvalue weighted by Gasteiger charge is 2.23. The lowest BCUT2D eigenvalue weighted by atomic mass is 10.1.